The van der Waals surface area contributed by atoms with Crippen LogP contribution in [0.25, 0.3) is 19.5 Å². The molecule has 0 saturated heterocycles. The lowest BCUT2D eigenvalue weighted by Gasteiger charge is -2.01. The Morgan fingerprint density at radius 2 is 0.867 bits per heavy atom. The number of hydrogen-bond donors (Lipinski definition) is 0. The van der Waals surface area contributed by atoms with Crippen LogP contribution >= 0.6 is 56.7 Å². The Hall–Kier alpha value is -3.44. The molecule has 9 heteroatoms. The second-order valence-electron chi connectivity index (χ2n) is 10.0. The van der Waals surface area contributed by atoms with Gasteiger partial charge in [-0.3, -0.25) is 9.59 Å². The molecule has 4 nitrogen and oxygen atoms in total. The van der Waals surface area contributed by atoms with E-state index in [1.165, 1.54) is 19.5 Å². The molecule has 45 heavy (non-hydrogen) atoms. The first-order valence-corrected chi connectivity index (χ1v) is 18.9. The summed E-state index contributed by atoms with van der Waals surface area (Å²) < 4.78 is 10.5. The van der Waals surface area contributed by atoms with Gasteiger partial charge in [-0.05, 0) is 97.2 Å². The number of carbonyl (C=O) groups excluding carboxylic acids is 2. The van der Waals surface area contributed by atoms with Gasteiger partial charge in [0, 0.05) is 29.3 Å². The molecule has 0 spiro atoms. The van der Waals surface area contributed by atoms with Gasteiger partial charge < -0.3 is 9.47 Å². The summed E-state index contributed by atoms with van der Waals surface area (Å²) in [7, 11) is 0. The molecule has 0 atom stereocenters. The Labute approximate surface area is 284 Å². The van der Waals surface area contributed by atoms with Gasteiger partial charge in [-0.25, -0.2) is 0 Å². The van der Waals surface area contributed by atoms with Gasteiger partial charge in [0.15, 0.2) is 0 Å². The topological polar surface area (TPSA) is 52.6 Å². The first kappa shape index (κ1) is 32.9. The summed E-state index contributed by atoms with van der Waals surface area (Å²) in [6.45, 7) is 5.13. The second kappa shape index (κ2) is 16.7. The molecular weight excluding hydrogens is 657 g/mol. The first-order valence-electron chi connectivity index (χ1n) is 14.8. The van der Waals surface area contributed by atoms with E-state index >= 15 is 0 Å². The summed E-state index contributed by atoms with van der Waals surface area (Å²) in [5.41, 5.74) is 0. The van der Waals surface area contributed by atoms with E-state index in [2.05, 4.69) is 73.9 Å². The molecule has 5 rings (SSSR count). The molecule has 5 aromatic heterocycles. The highest BCUT2D eigenvalue weighted by atomic mass is 32.1. The molecule has 0 bridgehead atoms. The van der Waals surface area contributed by atoms with Gasteiger partial charge in [-0.1, -0.05) is 26.7 Å². The maximum Gasteiger partial charge on any atom is 0.311 e. The molecule has 0 saturated carbocycles. The van der Waals surface area contributed by atoms with Gasteiger partial charge in [0.2, 0.25) is 0 Å². The second-order valence-corrected chi connectivity index (χ2v) is 15.6. The zero-order valence-corrected chi connectivity index (χ0v) is 29.2. The van der Waals surface area contributed by atoms with E-state index in [1.54, 1.807) is 56.7 Å². The van der Waals surface area contributed by atoms with E-state index in [-0.39, 0.29) is 11.9 Å². The zero-order chi connectivity index (χ0) is 31.4. The third-order valence-electron chi connectivity index (χ3n) is 6.40. The van der Waals surface area contributed by atoms with Gasteiger partial charge in [0.05, 0.1) is 45.6 Å². The van der Waals surface area contributed by atoms with Crippen molar-refractivity contribution in [3.63, 3.8) is 0 Å². The Morgan fingerprint density at radius 1 is 0.511 bits per heavy atom. The van der Waals surface area contributed by atoms with Crippen molar-refractivity contribution in [3.8, 4) is 43.2 Å². The van der Waals surface area contributed by atoms with Crippen molar-refractivity contribution in [2.24, 2.45) is 0 Å². The molecule has 0 aliphatic rings. The van der Waals surface area contributed by atoms with E-state index < -0.39 is 0 Å². The largest absolute Gasteiger partial charge is 0.465 e. The lowest BCUT2D eigenvalue weighted by molar-refractivity contribution is -0.143. The Kier molecular flexibility index (Phi) is 12.3. The first-order chi connectivity index (χ1) is 22.0. The molecule has 230 valence electrons. The molecule has 0 fully saturated rings. The summed E-state index contributed by atoms with van der Waals surface area (Å²) in [5, 5.41) is 0. The zero-order valence-electron chi connectivity index (χ0n) is 25.1. The summed E-state index contributed by atoms with van der Waals surface area (Å²) in [5.74, 6) is 12.7. The number of hydrogen-bond acceptors (Lipinski definition) is 9. The van der Waals surface area contributed by atoms with Crippen molar-refractivity contribution in [2.45, 2.75) is 52.4 Å². The Bertz CT molecular complexity index is 1720. The average molecular weight is 689 g/mol. The number of ether oxygens (including phenoxy) is 2. The van der Waals surface area contributed by atoms with Crippen LogP contribution in [0, 0.1) is 23.7 Å². The van der Waals surface area contributed by atoms with E-state index in [0.717, 1.165) is 54.9 Å². The van der Waals surface area contributed by atoms with Gasteiger partial charge in [-0.2, -0.15) is 0 Å². The smallest absolute Gasteiger partial charge is 0.311 e. The van der Waals surface area contributed by atoms with Gasteiger partial charge in [0.1, 0.15) is 0 Å². The maximum atomic E-state index is 12.0. The molecule has 0 unspecified atom stereocenters. The quantitative estimate of drug-likeness (QED) is 0.0744. The van der Waals surface area contributed by atoms with Crippen LogP contribution in [-0.2, 0) is 31.9 Å². The van der Waals surface area contributed by atoms with E-state index in [9.17, 15) is 9.59 Å². The van der Waals surface area contributed by atoms with Gasteiger partial charge in [0.25, 0.3) is 0 Å². The van der Waals surface area contributed by atoms with E-state index in [1.807, 2.05) is 24.3 Å². The Balaban J connectivity index is 1.15. The van der Waals surface area contributed by atoms with E-state index in [4.69, 9.17) is 9.47 Å². The van der Waals surface area contributed by atoms with E-state index in [0.29, 0.717) is 26.1 Å². The highest BCUT2D eigenvalue weighted by Crippen LogP contribution is 2.39. The van der Waals surface area contributed by atoms with Crippen LogP contribution in [-0.4, -0.2) is 25.2 Å². The van der Waals surface area contributed by atoms with Crippen LogP contribution < -0.4 is 0 Å². The molecule has 0 aliphatic carbocycles. The van der Waals surface area contributed by atoms with Crippen molar-refractivity contribution in [2.75, 3.05) is 13.2 Å². The number of rotatable bonds is 12. The minimum atomic E-state index is -0.179. The Morgan fingerprint density at radius 3 is 1.29 bits per heavy atom. The van der Waals surface area contributed by atoms with Crippen LogP contribution in [0.5, 0.6) is 0 Å². The highest BCUT2D eigenvalue weighted by Gasteiger charge is 2.11. The van der Waals surface area contributed by atoms with Crippen molar-refractivity contribution in [3.05, 3.63) is 89.9 Å². The van der Waals surface area contributed by atoms with Crippen LogP contribution in [0.1, 0.15) is 68.8 Å². The molecule has 0 aromatic carbocycles. The average Bonchev–Trinajstić information content (AvgIpc) is 3.86. The molecular formula is C36H32O4S5. The maximum absolute atomic E-state index is 12.0. The summed E-state index contributed by atoms with van der Waals surface area (Å²) in [4.78, 5) is 34.6. The SMILES string of the molecule is CCCCOC(=O)Cc1ccc(C#Cc2ccc(-c3ccc(-c4ccc(C#Cc5ccc(CC(=O)OCCCC)s5)s4)s3)s2)s1. The van der Waals surface area contributed by atoms with Gasteiger partial charge >= 0.3 is 11.9 Å². The molecule has 5 aromatic rings. The lowest BCUT2D eigenvalue weighted by Crippen LogP contribution is -2.07. The van der Waals surface area contributed by atoms with Crippen LogP contribution in [0.2, 0.25) is 0 Å². The van der Waals surface area contributed by atoms with Crippen molar-refractivity contribution >= 4 is 68.6 Å². The third-order valence-corrected chi connectivity index (χ3v) is 11.9. The number of esters is 2. The standard InChI is InChI=1S/C36H32O4S5/c1-3-5-21-39-35(37)23-29-13-11-25(41-29)7-9-27-15-17-31(43-27)33-19-20-34(45-33)32-18-16-28(44-32)10-8-26-12-14-30(42-26)24-36(38)40-22-6-4-2/h11-20H,3-6,21-24H2,1-2H3. The fraction of sp³-hybridized carbons (Fsp3) is 0.278. The van der Waals surface area contributed by atoms with Crippen molar-refractivity contribution in [1.82, 2.24) is 0 Å². The van der Waals surface area contributed by atoms with Crippen LogP contribution in [0.3, 0.4) is 0 Å². The molecule has 5 heterocycles. The van der Waals surface area contributed by atoms with Crippen LogP contribution in [0.15, 0.2) is 60.7 Å². The summed E-state index contributed by atoms with van der Waals surface area (Å²) >= 11 is 8.22. The van der Waals surface area contributed by atoms with Gasteiger partial charge in [-0.15, -0.1) is 56.7 Å². The minimum Gasteiger partial charge on any atom is -0.465 e. The highest BCUT2D eigenvalue weighted by molar-refractivity contribution is 7.26. The molecule has 0 amide bonds. The van der Waals surface area contributed by atoms with Crippen molar-refractivity contribution in [1.29, 1.82) is 0 Å². The van der Waals surface area contributed by atoms with Crippen LogP contribution in [0.4, 0.5) is 0 Å². The normalized spacial score (nSPS) is 10.5. The number of carbonyl (C=O) groups is 2. The third kappa shape index (κ3) is 10.0. The predicted octanol–water partition coefficient (Wildman–Crippen LogP) is 9.90. The lowest BCUT2D eigenvalue weighted by atomic mass is 10.3. The number of unbranched alkanes of at least 4 members (excludes halogenated alkanes) is 2. The molecule has 0 radical (unpaired) electrons. The fourth-order valence-electron chi connectivity index (χ4n) is 4.05. The number of thiophene rings is 5. The van der Waals surface area contributed by atoms with Crippen molar-refractivity contribution < 1.29 is 19.1 Å². The minimum absolute atomic E-state index is 0.179. The molecule has 0 N–H and O–H groups in total. The monoisotopic (exact) mass is 688 g/mol. The summed E-state index contributed by atoms with van der Waals surface area (Å²) in [6.07, 6.45) is 4.41. The predicted molar refractivity (Wildman–Crippen MR) is 191 cm³/mol. The summed E-state index contributed by atoms with van der Waals surface area (Å²) in [6, 6.07) is 20.6. The fourth-order valence-corrected chi connectivity index (χ4v) is 8.65. The molecule has 0 aliphatic heterocycles.